The Morgan fingerprint density at radius 3 is 2.73 bits per heavy atom. The average Bonchev–Trinajstić information content (AvgIpc) is 2.21. The van der Waals surface area contributed by atoms with Gasteiger partial charge in [0, 0.05) is 16.5 Å². The van der Waals surface area contributed by atoms with Crippen LogP contribution in [0.5, 0.6) is 0 Å². The predicted octanol–water partition coefficient (Wildman–Crippen LogP) is 3.51. The van der Waals surface area contributed by atoms with Gasteiger partial charge in [0.2, 0.25) is 0 Å². The van der Waals surface area contributed by atoms with E-state index < -0.39 is 6.67 Å². The number of halogens is 3. The third kappa shape index (κ3) is 3.68. The van der Waals surface area contributed by atoms with E-state index >= 15 is 0 Å². The van der Waals surface area contributed by atoms with Gasteiger partial charge in [-0.15, -0.1) is 0 Å². The average molecular weight is 250 g/mol. The van der Waals surface area contributed by atoms with Crippen molar-refractivity contribution in [3.8, 4) is 0 Å². The normalized spacial score (nSPS) is 11.6. The molecule has 0 fully saturated rings. The van der Waals surface area contributed by atoms with E-state index in [2.05, 4.69) is 9.99 Å². The molecule has 5 heteroatoms. The molecule has 0 aliphatic heterocycles. The van der Waals surface area contributed by atoms with Crippen LogP contribution in [0.1, 0.15) is 5.56 Å². The summed E-state index contributed by atoms with van der Waals surface area (Å²) in [6, 6.07) is 5.05. The largest absolute Gasteiger partial charge is 0.399 e. The topological polar surface area (TPSA) is 21.6 Å². The molecule has 0 bridgehead atoms. The van der Waals surface area contributed by atoms with Crippen molar-refractivity contribution >= 4 is 28.9 Å². The number of rotatable bonds is 4. The fourth-order valence-electron chi connectivity index (χ4n) is 1.12. The predicted molar refractivity (Wildman–Crippen MR) is 60.6 cm³/mol. The molecule has 0 aliphatic rings. The van der Waals surface area contributed by atoms with Gasteiger partial charge in [-0.3, -0.25) is 0 Å². The summed E-state index contributed by atoms with van der Waals surface area (Å²) in [6.07, 6.45) is 0.320. The second kappa shape index (κ2) is 5.93. The Bertz CT molecular complexity index is 368. The van der Waals surface area contributed by atoms with Crippen molar-refractivity contribution in [3.05, 3.63) is 33.8 Å². The van der Waals surface area contributed by atoms with Gasteiger partial charge >= 0.3 is 0 Å². The fourth-order valence-corrected chi connectivity index (χ4v) is 1.59. The van der Waals surface area contributed by atoms with E-state index in [1.165, 1.54) is 7.11 Å². The Morgan fingerprint density at radius 1 is 1.47 bits per heavy atom. The second-order valence-corrected chi connectivity index (χ2v) is 3.73. The van der Waals surface area contributed by atoms with E-state index in [9.17, 15) is 4.39 Å². The van der Waals surface area contributed by atoms with E-state index in [1.54, 1.807) is 18.2 Å². The highest BCUT2D eigenvalue weighted by molar-refractivity contribution is 6.35. The first-order chi connectivity index (χ1) is 7.17. The van der Waals surface area contributed by atoms with Crippen LogP contribution in [-0.4, -0.2) is 19.5 Å². The summed E-state index contributed by atoms with van der Waals surface area (Å²) in [5.41, 5.74) is 1.07. The highest BCUT2D eigenvalue weighted by Gasteiger charge is 2.06. The number of benzene rings is 1. The second-order valence-electron chi connectivity index (χ2n) is 2.89. The van der Waals surface area contributed by atoms with Crippen molar-refractivity contribution in [2.24, 2.45) is 5.16 Å². The van der Waals surface area contributed by atoms with Crippen molar-refractivity contribution in [2.45, 2.75) is 6.42 Å². The van der Waals surface area contributed by atoms with E-state index in [0.717, 1.165) is 5.56 Å². The molecule has 0 unspecified atom stereocenters. The van der Waals surface area contributed by atoms with Crippen LogP contribution in [-0.2, 0) is 11.3 Å². The first-order valence-electron chi connectivity index (χ1n) is 4.26. The van der Waals surface area contributed by atoms with E-state index in [1.807, 2.05) is 0 Å². The summed E-state index contributed by atoms with van der Waals surface area (Å²) in [4.78, 5) is 4.51. The van der Waals surface area contributed by atoms with E-state index in [-0.39, 0.29) is 0 Å². The Morgan fingerprint density at radius 2 is 2.20 bits per heavy atom. The summed E-state index contributed by atoms with van der Waals surface area (Å²) >= 11 is 11.7. The molecule has 1 rings (SSSR count). The van der Waals surface area contributed by atoms with Crippen LogP contribution < -0.4 is 0 Å². The molecular formula is C10H10Cl2FNO. The number of nitrogens with zero attached hydrogens (tertiary/aromatic N) is 1. The first-order valence-corrected chi connectivity index (χ1v) is 5.01. The van der Waals surface area contributed by atoms with E-state index in [0.29, 0.717) is 22.2 Å². The van der Waals surface area contributed by atoms with Gasteiger partial charge in [-0.25, -0.2) is 4.39 Å². The quantitative estimate of drug-likeness (QED) is 0.591. The first kappa shape index (κ1) is 12.3. The zero-order chi connectivity index (χ0) is 11.3. The molecule has 0 atom stereocenters. The van der Waals surface area contributed by atoms with Crippen LogP contribution >= 0.6 is 23.2 Å². The molecule has 0 saturated heterocycles. The van der Waals surface area contributed by atoms with Crippen molar-refractivity contribution in [2.75, 3.05) is 13.8 Å². The number of hydrogen-bond acceptors (Lipinski definition) is 2. The smallest absolute Gasteiger partial charge is 0.131 e. The van der Waals surface area contributed by atoms with Crippen LogP contribution in [0.25, 0.3) is 0 Å². The zero-order valence-electron chi connectivity index (χ0n) is 8.14. The van der Waals surface area contributed by atoms with E-state index in [4.69, 9.17) is 23.2 Å². The molecule has 82 valence electrons. The molecule has 15 heavy (non-hydrogen) atoms. The van der Waals surface area contributed by atoms with Crippen LogP contribution in [0.15, 0.2) is 23.4 Å². The summed E-state index contributed by atoms with van der Waals surface area (Å²) in [5, 5.41) is 4.60. The molecule has 0 aromatic heterocycles. The minimum Gasteiger partial charge on any atom is -0.399 e. The van der Waals surface area contributed by atoms with Crippen LogP contribution in [0.4, 0.5) is 4.39 Å². The Hall–Kier alpha value is -0.800. The monoisotopic (exact) mass is 249 g/mol. The van der Waals surface area contributed by atoms with Gasteiger partial charge in [-0.1, -0.05) is 34.4 Å². The van der Waals surface area contributed by atoms with Gasteiger partial charge in [0.15, 0.2) is 0 Å². The maximum Gasteiger partial charge on any atom is 0.131 e. The van der Waals surface area contributed by atoms with Crippen molar-refractivity contribution in [1.29, 1.82) is 0 Å². The molecule has 0 radical (unpaired) electrons. The Labute approximate surface area is 97.6 Å². The zero-order valence-corrected chi connectivity index (χ0v) is 9.65. The highest BCUT2D eigenvalue weighted by Crippen LogP contribution is 2.21. The third-order valence-corrected chi connectivity index (χ3v) is 2.37. The van der Waals surface area contributed by atoms with Gasteiger partial charge in [-0.05, 0) is 17.7 Å². The minimum atomic E-state index is -0.660. The lowest BCUT2D eigenvalue weighted by Crippen LogP contribution is -2.06. The van der Waals surface area contributed by atoms with Gasteiger partial charge in [-0.2, -0.15) is 0 Å². The van der Waals surface area contributed by atoms with Crippen molar-refractivity contribution in [1.82, 2.24) is 0 Å². The summed E-state index contributed by atoms with van der Waals surface area (Å²) < 4.78 is 12.5. The fraction of sp³-hybridized carbons (Fsp3) is 0.300. The standard InChI is InChI=1S/C10H10Cl2FNO/c1-15-14-9(6-13)4-7-2-3-8(11)5-10(7)12/h2-3,5H,4,6H2,1H3/b14-9-. The van der Waals surface area contributed by atoms with Crippen LogP contribution in [0.2, 0.25) is 10.0 Å². The molecule has 0 saturated carbocycles. The molecule has 0 N–H and O–H groups in total. The van der Waals surface area contributed by atoms with Gasteiger partial charge in [0.1, 0.15) is 13.8 Å². The number of alkyl halides is 1. The maximum absolute atomic E-state index is 12.5. The summed E-state index contributed by atoms with van der Waals surface area (Å²) in [6.45, 7) is -0.660. The van der Waals surface area contributed by atoms with Crippen molar-refractivity contribution < 1.29 is 9.23 Å². The number of oxime groups is 1. The molecule has 1 aromatic rings. The number of hydrogen-bond donors (Lipinski definition) is 0. The SMILES string of the molecule is CO/N=C(\CF)Cc1ccc(Cl)cc1Cl. The molecule has 0 heterocycles. The molecular weight excluding hydrogens is 240 g/mol. The lowest BCUT2D eigenvalue weighted by Gasteiger charge is -2.04. The third-order valence-electron chi connectivity index (χ3n) is 1.78. The van der Waals surface area contributed by atoms with Crippen molar-refractivity contribution in [3.63, 3.8) is 0 Å². The minimum absolute atomic E-state index is 0.293. The summed E-state index contributed by atoms with van der Waals surface area (Å²) in [5.74, 6) is 0. The lowest BCUT2D eigenvalue weighted by atomic mass is 10.1. The van der Waals surface area contributed by atoms with Crippen LogP contribution in [0.3, 0.4) is 0 Å². The molecule has 1 aromatic carbocycles. The highest BCUT2D eigenvalue weighted by atomic mass is 35.5. The molecule has 0 spiro atoms. The molecule has 2 nitrogen and oxygen atoms in total. The Kier molecular flexibility index (Phi) is 4.85. The van der Waals surface area contributed by atoms with Gasteiger partial charge < -0.3 is 4.84 Å². The Balaban J connectivity index is 2.84. The van der Waals surface area contributed by atoms with Gasteiger partial charge in [0.25, 0.3) is 0 Å². The van der Waals surface area contributed by atoms with Gasteiger partial charge in [0.05, 0.1) is 5.71 Å². The summed E-state index contributed by atoms with van der Waals surface area (Å²) in [7, 11) is 1.37. The molecule has 0 aliphatic carbocycles. The molecule has 0 amide bonds. The maximum atomic E-state index is 12.5. The van der Waals surface area contributed by atoms with Crippen LogP contribution in [0, 0.1) is 0 Å². The lowest BCUT2D eigenvalue weighted by molar-refractivity contribution is 0.211.